The molecule has 2 amide bonds. The molecule has 140 valence electrons. The van der Waals surface area contributed by atoms with Gasteiger partial charge < -0.3 is 4.74 Å². The average molecular weight is 369 g/mol. The van der Waals surface area contributed by atoms with E-state index in [9.17, 15) is 18.8 Å². The van der Waals surface area contributed by atoms with Crippen LogP contribution in [0.2, 0.25) is 0 Å². The lowest BCUT2D eigenvalue weighted by molar-refractivity contribution is -0.155. The third-order valence-electron chi connectivity index (χ3n) is 4.61. The summed E-state index contributed by atoms with van der Waals surface area (Å²) in [6.07, 6.45) is -0.644. The van der Waals surface area contributed by atoms with Gasteiger partial charge in [0.25, 0.3) is 11.8 Å². The summed E-state index contributed by atoms with van der Waals surface area (Å²) in [4.78, 5) is 39.2. The summed E-state index contributed by atoms with van der Waals surface area (Å²) in [6.45, 7) is 5.15. The molecule has 5 nitrogen and oxygen atoms in total. The number of esters is 1. The van der Waals surface area contributed by atoms with Crippen molar-refractivity contribution in [2.75, 3.05) is 0 Å². The van der Waals surface area contributed by atoms with Gasteiger partial charge in [0, 0.05) is 0 Å². The number of carbonyl (C=O) groups excluding carboxylic acids is 3. The molecule has 27 heavy (non-hydrogen) atoms. The van der Waals surface area contributed by atoms with E-state index in [2.05, 4.69) is 0 Å². The van der Waals surface area contributed by atoms with Crippen LogP contribution in [0, 0.1) is 11.7 Å². The normalized spacial score (nSPS) is 15.7. The van der Waals surface area contributed by atoms with E-state index in [0.717, 1.165) is 4.90 Å². The first-order valence-corrected chi connectivity index (χ1v) is 8.74. The predicted molar refractivity (Wildman–Crippen MR) is 96.5 cm³/mol. The number of benzene rings is 2. The monoisotopic (exact) mass is 369 g/mol. The number of amides is 2. The zero-order valence-electron chi connectivity index (χ0n) is 15.3. The summed E-state index contributed by atoms with van der Waals surface area (Å²) in [7, 11) is 0. The molecule has 3 rings (SSSR count). The van der Waals surface area contributed by atoms with Crippen molar-refractivity contribution < 1.29 is 23.5 Å². The van der Waals surface area contributed by atoms with Gasteiger partial charge in [-0.25, -0.2) is 9.18 Å². The van der Waals surface area contributed by atoms with Crippen LogP contribution in [-0.4, -0.2) is 28.7 Å². The molecule has 1 aliphatic rings. The minimum absolute atomic E-state index is 0.285. The molecular weight excluding hydrogens is 349 g/mol. The molecule has 0 bridgehead atoms. The van der Waals surface area contributed by atoms with Crippen LogP contribution in [0.25, 0.3) is 0 Å². The maximum atomic E-state index is 13.1. The SMILES string of the molecule is CC(C)[C@@H](C(=O)O[C@H](C)c1ccc(F)cc1)N1C(=O)c2ccccc2C1=O. The second-order valence-electron chi connectivity index (χ2n) is 6.85. The molecular formula is C21H20FNO4. The predicted octanol–water partition coefficient (Wildman–Crippen LogP) is 3.75. The van der Waals surface area contributed by atoms with E-state index in [1.807, 2.05) is 0 Å². The fourth-order valence-electron chi connectivity index (χ4n) is 3.18. The Balaban J connectivity index is 1.84. The van der Waals surface area contributed by atoms with E-state index < -0.39 is 29.9 Å². The van der Waals surface area contributed by atoms with Crippen molar-refractivity contribution in [3.8, 4) is 0 Å². The van der Waals surface area contributed by atoms with E-state index in [1.54, 1.807) is 45.0 Å². The Labute approximate surface area is 156 Å². The topological polar surface area (TPSA) is 63.7 Å². The van der Waals surface area contributed by atoms with Crippen molar-refractivity contribution in [1.82, 2.24) is 4.90 Å². The van der Waals surface area contributed by atoms with E-state index in [1.165, 1.54) is 24.3 Å². The standard InChI is InChI=1S/C21H20FNO4/c1-12(2)18(21(26)27-13(3)14-8-10-15(22)11-9-14)23-19(24)16-6-4-5-7-17(16)20(23)25/h4-13,18H,1-3H3/t13-,18+/m1/s1. The molecule has 0 aromatic heterocycles. The molecule has 0 unspecified atom stereocenters. The van der Waals surface area contributed by atoms with Crippen molar-refractivity contribution >= 4 is 17.8 Å². The highest BCUT2D eigenvalue weighted by Gasteiger charge is 2.44. The molecule has 2 aromatic carbocycles. The van der Waals surface area contributed by atoms with Crippen molar-refractivity contribution in [3.05, 3.63) is 71.0 Å². The summed E-state index contributed by atoms with van der Waals surface area (Å²) in [6, 6.07) is 11.1. The fourth-order valence-corrected chi connectivity index (χ4v) is 3.18. The van der Waals surface area contributed by atoms with Crippen LogP contribution < -0.4 is 0 Å². The van der Waals surface area contributed by atoms with E-state index >= 15 is 0 Å². The fraction of sp³-hybridized carbons (Fsp3) is 0.286. The lowest BCUT2D eigenvalue weighted by Crippen LogP contribution is -2.48. The van der Waals surface area contributed by atoms with Gasteiger partial charge in [-0.05, 0) is 42.7 Å². The summed E-state index contributed by atoms with van der Waals surface area (Å²) >= 11 is 0. The van der Waals surface area contributed by atoms with Crippen LogP contribution in [0.15, 0.2) is 48.5 Å². The first kappa shape index (κ1) is 18.8. The van der Waals surface area contributed by atoms with Gasteiger partial charge >= 0.3 is 5.97 Å². The van der Waals surface area contributed by atoms with Gasteiger partial charge in [0.05, 0.1) is 11.1 Å². The Kier molecular flexibility index (Phi) is 5.08. The molecule has 0 radical (unpaired) electrons. The minimum Gasteiger partial charge on any atom is -0.456 e. The van der Waals surface area contributed by atoms with E-state index in [4.69, 9.17) is 4.74 Å². The number of rotatable bonds is 5. The summed E-state index contributed by atoms with van der Waals surface area (Å²) in [5, 5.41) is 0. The number of hydrogen-bond donors (Lipinski definition) is 0. The van der Waals surface area contributed by atoms with Crippen LogP contribution in [-0.2, 0) is 9.53 Å². The van der Waals surface area contributed by atoms with Crippen LogP contribution >= 0.6 is 0 Å². The Hall–Kier alpha value is -3.02. The molecule has 0 fully saturated rings. The van der Waals surface area contributed by atoms with Crippen molar-refractivity contribution in [2.24, 2.45) is 5.92 Å². The first-order chi connectivity index (χ1) is 12.8. The second-order valence-corrected chi connectivity index (χ2v) is 6.85. The quantitative estimate of drug-likeness (QED) is 0.595. The van der Waals surface area contributed by atoms with E-state index in [-0.39, 0.29) is 22.9 Å². The largest absolute Gasteiger partial charge is 0.456 e. The van der Waals surface area contributed by atoms with Gasteiger partial charge in [0.2, 0.25) is 0 Å². The van der Waals surface area contributed by atoms with Gasteiger partial charge in [-0.2, -0.15) is 0 Å². The second kappa shape index (κ2) is 7.31. The van der Waals surface area contributed by atoms with Gasteiger partial charge in [-0.3, -0.25) is 14.5 Å². The number of ether oxygens (including phenoxy) is 1. The zero-order valence-corrected chi connectivity index (χ0v) is 15.3. The number of halogens is 1. The van der Waals surface area contributed by atoms with Gasteiger partial charge in [0.15, 0.2) is 0 Å². The number of fused-ring (bicyclic) bond motifs is 1. The molecule has 1 heterocycles. The molecule has 0 N–H and O–H groups in total. The van der Waals surface area contributed by atoms with Gasteiger partial charge in [-0.15, -0.1) is 0 Å². The van der Waals surface area contributed by atoms with Crippen molar-refractivity contribution in [2.45, 2.75) is 32.9 Å². The Morgan fingerprint density at radius 3 is 1.93 bits per heavy atom. The lowest BCUT2D eigenvalue weighted by atomic mass is 10.0. The smallest absolute Gasteiger partial charge is 0.330 e. The average Bonchev–Trinajstić information content (AvgIpc) is 2.88. The van der Waals surface area contributed by atoms with Crippen LogP contribution in [0.1, 0.15) is 53.2 Å². The first-order valence-electron chi connectivity index (χ1n) is 8.74. The molecule has 1 aliphatic heterocycles. The molecule has 0 aliphatic carbocycles. The minimum atomic E-state index is -1.04. The highest BCUT2D eigenvalue weighted by Crippen LogP contribution is 2.29. The molecule has 0 spiro atoms. The Morgan fingerprint density at radius 1 is 0.926 bits per heavy atom. The number of hydrogen-bond acceptors (Lipinski definition) is 4. The summed E-state index contributed by atoms with van der Waals surface area (Å²) in [5.74, 6) is -2.39. The Morgan fingerprint density at radius 2 is 1.44 bits per heavy atom. The lowest BCUT2D eigenvalue weighted by Gasteiger charge is -2.28. The maximum Gasteiger partial charge on any atom is 0.330 e. The molecule has 0 saturated carbocycles. The van der Waals surface area contributed by atoms with Gasteiger partial charge in [-0.1, -0.05) is 38.1 Å². The summed E-state index contributed by atoms with van der Waals surface area (Å²) < 4.78 is 18.6. The summed E-state index contributed by atoms with van der Waals surface area (Å²) in [5.41, 5.74) is 1.19. The number of carbonyl (C=O) groups is 3. The molecule has 2 aromatic rings. The van der Waals surface area contributed by atoms with Crippen molar-refractivity contribution in [1.29, 1.82) is 0 Å². The highest BCUT2D eigenvalue weighted by atomic mass is 19.1. The van der Waals surface area contributed by atoms with E-state index in [0.29, 0.717) is 5.56 Å². The van der Waals surface area contributed by atoms with Crippen molar-refractivity contribution in [3.63, 3.8) is 0 Å². The van der Waals surface area contributed by atoms with Gasteiger partial charge in [0.1, 0.15) is 18.0 Å². The molecule has 6 heteroatoms. The zero-order chi connectivity index (χ0) is 19.7. The number of imide groups is 1. The Bertz CT molecular complexity index is 856. The van der Waals surface area contributed by atoms with Crippen LogP contribution in [0.5, 0.6) is 0 Å². The van der Waals surface area contributed by atoms with Crippen LogP contribution in [0.4, 0.5) is 4.39 Å². The third-order valence-corrected chi connectivity index (χ3v) is 4.61. The molecule has 0 saturated heterocycles. The third kappa shape index (κ3) is 3.47. The van der Waals surface area contributed by atoms with Crippen LogP contribution in [0.3, 0.4) is 0 Å². The molecule has 2 atom stereocenters. The highest BCUT2D eigenvalue weighted by molar-refractivity contribution is 6.22. The maximum absolute atomic E-state index is 13.1. The number of nitrogens with zero attached hydrogens (tertiary/aromatic N) is 1.